The fraction of sp³-hybridized carbons (Fsp3) is 0.500. The molecule has 0 unspecified atom stereocenters. The number of nitrogens with one attached hydrogen (secondary N) is 2. The molecule has 1 aliphatic heterocycles. The predicted molar refractivity (Wildman–Crippen MR) is 25.7 cm³/mol. The van der Waals surface area contributed by atoms with Crippen LogP contribution in [-0.4, -0.2) is 18.0 Å². The van der Waals surface area contributed by atoms with Gasteiger partial charge in [0.15, 0.2) is 0 Å². The van der Waals surface area contributed by atoms with Gasteiger partial charge in [0, 0.05) is 7.05 Å². The van der Waals surface area contributed by atoms with E-state index in [-0.39, 0.29) is 0 Å². The van der Waals surface area contributed by atoms with Crippen LogP contribution in [0.25, 0.3) is 0 Å². The Morgan fingerprint density at radius 3 is 2.71 bits per heavy atom. The van der Waals surface area contributed by atoms with Crippen LogP contribution in [0, 0.1) is 0 Å². The molecule has 0 bridgehead atoms. The van der Waals surface area contributed by atoms with E-state index in [0.717, 1.165) is 0 Å². The molecular weight excluding hydrogens is 94.1 g/mol. The van der Waals surface area contributed by atoms with Gasteiger partial charge in [-0.3, -0.25) is 5.01 Å². The molecule has 0 spiro atoms. The van der Waals surface area contributed by atoms with Gasteiger partial charge in [-0.25, -0.2) is 5.53 Å². The number of hydrazine groups is 2. The first-order chi connectivity index (χ1) is 3.30. The molecule has 5 heteroatoms. The van der Waals surface area contributed by atoms with Gasteiger partial charge >= 0.3 is 0 Å². The van der Waals surface area contributed by atoms with Crippen molar-refractivity contribution in [3.05, 3.63) is 0 Å². The number of hydrazone groups is 1. The second kappa shape index (κ2) is 1.27. The average molecular weight is 101 g/mol. The third-order valence-corrected chi connectivity index (χ3v) is 0.732. The first-order valence-corrected chi connectivity index (χ1v) is 1.88. The van der Waals surface area contributed by atoms with E-state index in [9.17, 15) is 0 Å². The minimum absolute atomic E-state index is 0.444. The van der Waals surface area contributed by atoms with E-state index in [4.69, 9.17) is 5.73 Å². The minimum Gasteiger partial charge on any atom is -0.367 e. The molecule has 0 aromatic carbocycles. The highest BCUT2D eigenvalue weighted by molar-refractivity contribution is 5.77. The first kappa shape index (κ1) is 4.20. The quantitative estimate of drug-likeness (QED) is 0.336. The Kier molecular flexibility index (Phi) is 0.759. The Labute approximate surface area is 41.1 Å². The summed E-state index contributed by atoms with van der Waals surface area (Å²) in [5, 5.41) is 5.15. The second-order valence-corrected chi connectivity index (χ2v) is 1.25. The van der Waals surface area contributed by atoms with Crippen LogP contribution in [0.2, 0.25) is 0 Å². The summed E-state index contributed by atoms with van der Waals surface area (Å²) in [6.07, 6.45) is 0. The maximum Gasteiger partial charge on any atom is 0.230 e. The van der Waals surface area contributed by atoms with Crippen molar-refractivity contribution in [3.8, 4) is 0 Å². The van der Waals surface area contributed by atoms with Crippen molar-refractivity contribution in [2.45, 2.75) is 0 Å². The molecule has 0 radical (unpaired) electrons. The lowest BCUT2D eigenvalue weighted by Crippen LogP contribution is -2.40. The van der Waals surface area contributed by atoms with Crippen LogP contribution < -0.4 is 16.8 Å². The van der Waals surface area contributed by atoms with Crippen LogP contribution in [0.5, 0.6) is 0 Å². The van der Waals surface area contributed by atoms with Crippen molar-refractivity contribution in [2.75, 3.05) is 7.05 Å². The zero-order valence-corrected chi connectivity index (χ0v) is 3.97. The smallest absolute Gasteiger partial charge is 0.230 e. The normalized spacial score (nSPS) is 19.0. The Morgan fingerprint density at radius 1 is 1.86 bits per heavy atom. The van der Waals surface area contributed by atoms with Crippen molar-refractivity contribution < 1.29 is 0 Å². The number of hydrogen-bond donors (Lipinski definition) is 3. The molecule has 0 atom stereocenters. The van der Waals surface area contributed by atoms with Gasteiger partial charge in [0.1, 0.15) is 0 Å². The largest absolute Gasteiger partial charge is 0.367 e. The molecular formula is C2H7N5. The number of nitrogens with two attached hydrogens (primary N) is 1. The molecule has 1 aliphatic rings. The van der Waals surface area contributed by atoms with E-state index < -0.39 is 0 Å². The third kappa shape index (κ3) is 0.566. The first-order valence-electron chi connectivity index (χ1n) is 1.88. The number of hydrogen-bond acceptors (Lipinski definition) is 5. The topological polar surface area (TPSA) is 65.7 Å². The van der Waals surface area contributed by atoms with Crippen LogP contribution >= 0.6 is 0 Å². The molecule has 1 rings (SSSR count). The van der Waals surface area contributed by atoms with Crippen LogP contribution in [0.15, 0.2) is 5.10 Å². The van der Waals surface area contributed by atoms with E-state index in [0.29, 0.717) is 5.96 Å². The van der Waals surface area contributed by atoms with Gasteiger partial charge < -0.3 is 5.73 Å². The van der Waals surface area contributed by atoms with Crippen molar-refractivity contribution in [1.29, 1.82) is 0 Å². The lowest BCUT2D eigenvalue weighted by atomic mass is 11.0. The van der Waals surface area contributed by atoms with Crippen molar-refractivity contribution in [1.82, 2.24) is 16.1 Å². The van der Waals surface area contributed by atoms with Gasteiger partial charge in [0.2, 0.25) is 5.96 Å². The highest BCUT2D eigenvalue weighted by Crippen LogP contribution is 1.76. The summed E-state index contributed by atoms with van der Waals surface area (Å²) in [4.78, 5) is 0. The lowest BCUT2D eigenvalue weighted by Gasteiger charge is -2.05. The fourth-order valence-corrected chi connectivity index (χ4v) is 0.290. The Balaban J connectivity index is 2.54. The average Bonchev–Trinajstić information content (AvgIpc) is 1.91. The standard InChI is InChI=1S/C2H7N5/c1-7-2(3)4-5-6-7/h5-6H,1H3,(H2,3,4). The molecule has 0 saturated heterocycles. The number of nitrogens with zero attached hydrogens (tertiary/aromatic N) is 2. The summed E-state index contributed by atoms with van der Waals surface area (Å²) in [5.41, 5.74) is 10.3. The van der Waals surface area contributed by atoms with E-state index in [2.05, 4.69) is 16.2 Å². The van der Waals surface area contributed by atoms with E-state index in [1.807, 2.05) is 0 Å². The molecule has 0 amide bonds. The van der Waals surface area contributed by atoms with Gasteiger partial charge in [-0.15, -0.1) is 10.6 Å². The molecule has 0 aliphatic carbocycles. The zero-order valence-electron chi connectivity index (χ0n) is 3.97. The molecule has 7 heavy (non-hydrogen) atoms. The van der Waals surface area contributed by atoms with E-state index >= 15 is 0 Å². The molecule has 0 aromatic heterocycles. The number of rotatable bonds is 0. The van der Waals surface area contributed by atoms with Crippen molar-refractivity contribution >= 4 is 5.96 Å². The van der Waals surface area contributed by atoms with Gasteiger partial charge in [0.05, 0.1) is 0 Å². The van der Waals surface area contributed by atoms with Gasteiger partial charge in [0.25, 0.3) is 0 Å². The maximum absolute atomic E-state index is 5.23. The van der Waals surface area contributed by atoms with Gasteiger partial charge in [-0.1, -0.05) is 0 Å². The summed E-state index contributed by atoms with van der Waals surface area (Å²) in [7, 11) is 1.76. The van der Waals surface area contributed by atoms with Crippen molar-refractivity contribution in [3.63, 3.8) is 0 Å². The van der Waals surface area contributed by atoms with Gasteiger partial charge in [-0.2, -0.15) is 0 Å². The minimum atomic E-state index is 0.444. The van der Waals surface area contributed by atoms with Crippen LogP contribution in [-0.2, 0) is 0 Å². The summed E-state index contributed by atoms with van der Waals surface area (Å²) >= 11 is 0. The maximum atomic E-state index is 5.23. The fourth-order valence-electron chi connectivity index (χ4n) is 0.290. The molecule has 1 heterocycles. The Morgan fingerprint density at radius 2 is 2.57 bits per heavy atom. The number of guanidine groups is 1. The van der Waals surface area contributed by atoms with Crippen LogP contribution in [0.1, 0.15) is 0 Å². The molecule has 0 aromatic rings. The molecule has 0 saturated carbocycles. The second-order valence-electron chi connectivity index (χ2n) is 1.25. The zero-order chi connectivity index (χ0) is 5.28. The van der Waals surface area contributed by atoms with Crippen LogP contribution in [0.3, 0.4) is 0 Å². The summed E-state index contributed by atoms with van der Waals surface area (Å²) in [6.45, 7) is 0. The molecule has 5 nitrogen and oxygen atoms in total. The Bertz CT molecular complexity index is 96.3. The highest BCUT2D eigenvalue weighted by atomic mass is 15.8. The highest BCUT2D eigenvalue weighted by Gasteiger charge is 2.03. The van der Waals surface area contributed by atoms with E-state index in [1.165, 1.54) is 0 Å². The Hall–Kier alpha value is -0.970. The SMILES string of the molecule is CN1NNN=C1N. The van der Waals surface area contributed by atoms with E-state index in [1.54, 1.807) is 12.1 Å². The van der Waals surface area contributed by atoms with Gasteiger partial charge in [-0.05, 0) is 0 Å². The third-order valence-electron chi connectivity index (χ3n) is 0.732. The summed E-state index contributed by atoms with van der Waals surface area (Å²) < 4.78 is 0. The van der Waals surface area contributed by atoms with Crippen molar-refractivity contribution in [2.24, 2.45) is 10.8 Å². The predicted octanol–water partition coefficient (Wildman–Crippen LogP) is -1.83. The summed E-state index contributed by atoms with van der Waals surface area (Å²) in [6, 6.07) is 0. The molecule has 40 valence electrons. The molecule has 0 fully saturated rings. The lowest BCUT2D eigenvalue weighted by molar-refractivity contribution is 0.346. The summed E-state index contributed by atoms with van der Waals surface area (Å²) in [5.74, 6) is 0.444. The monoisotopic (exact) mass is 101 g/mol. The van der Waals surface area contributed by atoms with Crippen LogP contribution in [0.4, 0.5) is 0 Å². The molecule has 4 N–H and O–H groups in total.